The van der Waals surface area contributed by atoms with Crippen LogP contribution in [0.1, 0.15) is 18.5 Å². The molecule has 1 aromatic heterocycles. The second-order valence-electron chi connectivity index (χ2n) is 5.09. The second-order valence-corrected chi connectivity index (χ2v) is 5.09. The van der Waals surface area contributed by atoms with Crippen molar-refractivity contribution in [2.75, 3.05) is 0 Å². The first-order chi connectivity index (χ1) is 8.74. The maximum Gasteiger partial charge on any atom is 0.0857 e. The third-order valence-electron chi connectivity index (χ3n) is 3.57. The number of fused-ring (bicyclic) bond motifs is 1. The molecule has 1 aromatic carbocycles. The Kier molecular flexibility index (Phi) is 3.02. The van der Waals surface area contributed by atoms with Crippen LogP contribution in [-0.4, -0.2) is 27.4 Å². The SMILES string of the molecule is OC(Cc1ccc2ccccc2n1)C(O)C1CC1. The van der Waals surface area contributed by atoms with Gasteiger partial charge in [0.2, 0.25) is 0 Å². The van der Waals surface area contributed by atoms with Gasteiger partial charge in [0.05, 0.1) is 17.7 Å². The van der Waals surface area contributed by atoms with Crippen LogP contribution in [0.5, 0.6) is 0 Å². The molecule has 94 valence electrons. The summed E-state index contributed by atoms with van der Waals surface area (Å²) in [7, 11) is 0. The molecular formula is C15H17NO2. The molecule has 1 heterocycles. The third kappa shape index (κ3) is 2.37. The van der Waals surface area contributed by atoms with E-state index >= 15 is 0 Å². The zero-order valence-electron chi connectivity index (χ0n) is 10.2. The van der Waals surface area contributed by atoms with Crippen molar-refractivity contribution in [3.8, 4) is 0 Å². The number of pyridine rings is 1. The third-order valence-corrected chi connectivity index (χ3v) is 3.57. The number of hydrogen-bond acceptors (Lipinski definition) is 3. The Morgan fingerprint density at radius 1 is 1.11 bits per heavy atom. The Hall–Kier alpha value is -1.45. The molecule has 3 rings (SSSR count). The number of rotatable bonds is 4. The Bertz CT molecular complexity index is 551. The molecule has 2 N–H and O–H groups in total. The first kappa shape index (κ1) is 11.6. The molecule has 3 heteroatoms. The van der Waals surface area contributed by atoms with Gasteiger partial charge >= 0.3 is 0 Å². The summed E-state index contributed by atoms with van der Waals surface area (Å²) in [5, 5.41) is 20.9. The van der Waals surface area contributed by atoms with Gasteiger partial charge in [0.1, 0.15) is 0 Å². The van der Waals surface area contributed by atoms with Gasteiger partial charge in [-0.15, -0.1) is 0 Å². The summed E-state index contributed by atoms with van der Waals surface area (Å²) in [6.07, 6.45) is 1.18. The standard InChI is InChI=1S/C15H17NO2/c17-14(15(18)11-5-6-11)9-12-8-7-10-3-1-2-4-13(10)16-12/h1-4,7-8,11,14-15,17-18H,5-6,9H2. The fourth-order valence-corrected chi connectivity index (χ4v) is 2.31. The number of benzene rings is 1. The summed E-state index contributed by atoms with van der Waals surface area (Å²) in [4.78, 5) is 4.51. The van der Waals surface area contributed by atoms with E-state index in [0.717, 1.165) is 29.4 Å². The van der Waals surface area contributed by atoms with Crippen LogP contribution in [0.15, 0.2) is 36.4 Å². The first-order valence-corrected chi connectivity index (χ1v) is 6.45. The summed E-state index contributed by atoms with van der Waals surface area (Å²) >= 11 is 0. The van der Waals surface area contributed by atoms with E-state index in [-0.39, 0.29) is 0 Å². The van der Waals surface area contributed by atoms with Crippen molar-refractivity contribution < 1.29 is 10.2 Å². The van der Waals surface area contributed by atoms with Gasteiger partial charge in [0.15, 0.2) is 0 Å². The lowest BCUT2D eigenvalue weighted by Gasteiger charge is -2.16. The van der Waals surface area contributed by atoms with Crippen molar-refractivity contribution in [3.05, 3.63) is 42.1 Å². The van der Waals surface area contributed by atoms with Gasteiger partial charge in [-0.25, -0.2) is 0 Å². The molecule has 18 heavy (non-hydrogen) atoms. The van der Waals surface area contributed by atoms with E-state index in [1.807, 2.05) is 36.4 Å². The van der Waals surface area contributed by atoms with E-state index in [9.17, 15) is 10.2 Å². The van der Waals surface area contributed by atoms with Crippen molar-refractivity contribution in [2.24, 2.45) is 5.92 Å². The lowest BCUT2D eigenvalue weighted by Crippen LogP contribution is -2.30. The summed E-state index contributed by atoms with van der Waals surface area (Å²) < 4.78 is 0. The van der Waals surface area contributed by atoms with Crippen LogP contribution in [0.4, 0.5) is 0 Å². The van der Waals surface area contributed by atoms with Crippen LogP contribution in [0.2, 0.25) is 0 Å². The van der Waals surface area contributed by atoms with Crippen LogP contribution >= 0.6 is 0 Å². The molecule has 0 radical (unpaired) electrons. The van der Waals surface area contributed by atoms with Crippen LogP contribution in [0, 0.1) is 5.92 Å². The molecular weight excluding hydrogens is 226 g/mol. The molecule has 0 aliphatic heterocycles. The van der Waals surface area contributed by atoms with E-state index in [1.54, 1.807) is 0 Å². The smallest absolute Gasteiger partial charge is 0.0857 e. The summed E-state index contributed by atoms with van der Waals surface area (Å²) in [5.74, 6) is 0.292. The van der Waals surface area contributed by atoms with Crippen molar-refractivity contribution >= 4 is 10.9 Å². The quantitative estimate of drug-likeness (QED) is 0.862. The fraction of sp³-hybridized carbons (Fsp3) is 0.400. The van der Waals surface area contributed by atoms with Gasteiger partial charge in [0, 0.05) is 17.5 Å². The van der Waals surface area contributed by atoms with E-state index in [4.69, 9.17) is 0 Å². The summed E-state index contributed by atoms with van der Waals surface area (Å²) in [6.45, 7) is 0. The number of para-hydroxylation sites is 1. The van der Waals surface area contributed by atoms with E-state index in [0.29, 0.717) is 12.3 Å². The molecule has 2 aromatic rings. The Labute approximate surface area is 106 Å². The molecule has 1 fully saturated rings. The van der Waals surface area contributed by atoms with E-state index < -0.39 is 12.2 Å². The highest BCUT2D eigenvalue weighted by molar-refractivity contribution is 5.78. The zero-order valence-corrected chi connectivity index (χ0v) is 10.2. The average Bonchev–Trinajstić information content (AvgIpc) is 3.22. The van der Waals surface area contributed by atoms with Crippen molar-refractivity contribution in [1.82, 2.24) is 4.98 Å². The molecule has 0 saturated heterocycles. The lowest BCUT2D eigenvalue weighted by molar-refractivity contribution is 0.00626. The number of hydrogen-bond donors (Lipinski definition) is 2. The van der Waals surface area contributed by atoms with Gasteiger partial charge in [-0.1, -0.05) is 24.3 Å². The minimum absolute atomic E-state index is 0.292. The van der Waals surface area contributed by atoms with Gasteiger partial charge in [-0.3, -0.25) is 4.98 Å². The molecule has 1 aliphatic rings. The average molecular weight is 243 g/mol. The van der Waals surface area contributed by atoms with Gasteiger partial charge < -0.3 is 10.2 Å². The molecule has 0 bridgehead atoms. The van der Waals surface area contributed by atoms with Crippen molar-refractivity contribution in [3.63, 3.8) is 0 Å². The second kappa shape index (κ2) is 4.67. The summed E-state index contributed by atoms with van der Waals surface area (Å²) in [6, 6.07) is 11.8. The molecule has 1 saturated carbocycles. The Morgan fingerprint density at radius 3 is 2.67 bits per heavy atom. The van der Waals surface area contributed by atoms with Gasteiger partial charge in [-0.2, -0.15) is 0 Å². The van der Waals surface area contributed by atoms with E-state index in [2.05, 4.69) is 4.98 Å². The van der Waals surface area contributed by atoms with Crippen LogP contribution in [-0.2, 0) is 6.42 Å². The first-order valence-electron chi connectivity index (χ1n) is 6.45. The highest BCUT2D eigenvalue weighted by Gasteiger charge is 2.34. The number of aliphatic hydroxyl groups excluding tert-OH is 2. The predicted molar refractivity (Wildman–Crippen MR) is 70.2 cm³/mol. The molecule has 3 nitrogen and oxygen atoms in total. The summed E-state index contributed by atoms with van der Waals surface area (Å²) in [5.41, 5.74) is 1.77. The van der Waals surface area contributed by atoms with Crippen molar-refractivity contribution in [2.45, 2.75) is 31.5 Å². The predicted octanol–water partition coefficient (Wildman–Crippen LogP) is 1.91. The van der Waals surface area contributed by atoms with Crippen LogP contribution < -0.4 is 0 Å². The van der Waals surface area contributed by atoms with Crippen molar-refractivity contribution in [1.29, 1.82) is 0 Å². The normalized spacial score (nSPS) is 18.8. The minimum atomic E-state index is -0.703. The molecule has 0 amide bonds. The largest absolute Gasteiger partial charge is 0.390 e. The number of nitrogens with zero attached hydrogens (tertiary/aromatic N) is 1. The molecule has 2 unspecified atom stereocenters. The van der Waals surface area contributed by atoms with Gasteiger partial charge in [0.25, 0.3) is 0 Å². The highest BCUT2D eigenvalue weighted by atomic mass is 16.3. The number of aliphatic hydroxyl groups is 2. The Morgan fingerprint density at radius 2 is 1.89 bits per heavy atom. The maximum absolute atomic E-state index is 9.96. The van der Waals surface area contributed by atoms with Crippen LogP contribution in [0.25, 0.3) is 10.9 Å². The monoisotopic (exact) mass is 243 g/mol. The van der Waals surface area contributed by atoms with E-state index in [1.165, 1.54) is 0 Å². The Balaban J connectivity index is 1.77. The number of aromatic nitrogens is 1. The zero-order chi connectivity index (χ0) is 12.5. The minimum Gasteiger partial charge on any atom is -0.390 e. The molecule has 0 spiro atoms. The topological polar surface area (TPSA) is 53.4 Å². The maximum atomic E-state index is 9.96. The molecule has 2 atom stereocenters. The lowest BCUT2D eigenvalue weighted by atomic mass is 10.0. The highest BCUT2D eigenvalue weighted by Crippen LogP contribution is 2.34. The van der Waals surface area contributed by atoms with Crippen LogP contribution in [0.3, 0.4) is 0 Å². The fourth-order valence-electron chi connectivity index (χ4n) is 2.31. The molecule has 1 aliphatic carbocycles. The van der Waals surface area contributed by atoms with Gasteiger partial charge in [-0.05, 0) is 30.9 Å².